The maximum absolute atomic E-state index is 11.7. The number of carboxylic acid groups (broad SMARTS) is 1. The third kappa shape index (κ3) is 1.74. The summed E-state index contributed by atoms with van der Waals surface area (Å²) >= 11 is 1.21. The fourth-order valence-electron chi connectivity index (χ4n) is 2.09. The number of rotatable bonds is 1. The molecule has 0 saturated heterocycles. The van der Waals surface area contributed by atoms with Crippen LogP contribution in [0, 0.1) is 5.92 Å². The van der Waals surface area contributed by atoms with Crippen molar-refractivity contribution in [2.24, 2.45) is 5.92 Å². The predicted molar refractivity (Wildman–Crippen MR) is 58.8 cm³/mol. The molecule has 80 valence electrons. The van der Waals surface area contributed by atoms with E-state index in [9.17, 15) is 9.59 Å². The van der Waals surface area contributed by atoms with Gasteiger partial charge in [0.25, 0.3) is 0 Å². The highest BCUT2D eigenvalue weighted by Crippen LogP contribution is 2.37. The average molecular weight is 224 g/mol. The van der Waals surface area contributed by atoms with E-state index < -0.39 is 11.2 Å². The van der Waals surface area contributed by atoms with Crippen LogP contribution in [0.1, 0.15) is 13.3 Å². The maximum Gasteiger partial charge on any atom is 0.321 e. The van der Waals surface area contributed by atoms with E-state index in [2.05, 4.69) is 0 Å². The van der Waals surface area contributed by atoms with Crippen molar-refractivity contribution in [2.45, 2.75) is 18.6 Å². The van der Waals surface area contributed by atoms with Crippen LogP contribution in [0.2, 0.25) is 0 Å². The van der Waals surface area contributed by atoms with Gasteiger partial charge in [-0.3, -0.25) is 9.59 Å². The lowest BCUT2D eigenvalue weighted by atomic mass is 9.84. The topological polar surface area (TPSA) is 54.4 Å². The summed E-state index contributed by atoms with van der Waals surface area (Å²) in [6.45, 7) is 1.98. The van der Waals surface area contributed by atoms with E-state index >= 15 is 0 Å². The summed E-state index contributed by atoms with van der Waals surface area (Å²) in [5.74, 6) is -0.281. The number of carbonyl (C=O) groups excluding carboxylic acids is 1. The summed E-state index contributed by atoms with van der Waals surface area (Å²) in [5.41, 5.74) is 1.45. The number of thioether (sulfide) groups is 1. The molecule has 0 bridgehead atoms. The lowest BCUT2D eigenvalue weighted by molar-refractivity contribution is -0.135. The third-order valence-electron chi connectivity index (χ3n) is 2.78. The molecule has 3 nitrogen and oxygen atoms in total. The molecule has 2 aliphatic rings. The van der Waals surface area contributed by atoms with Gasteiger partial charge < -0.3 is 5.11 Å². The van der Waals surface area contributed by atoms with E-state index in [1.54, 1.807) is 6.08 Å². The van der Waals surface area contributed by atoms with Crippen molar-refractivity contribution < 1.29 is 14.7 Å². The van der Waals surface area contributed by atoms with Gasteiger partial charge in [-0.2, -0.15) is 0 Å². The minimum Gasteiger partial charge on any atom is -0.480 e. The van der Waals surface area contributed by atoms with E-state index in [4.69, 9.17) is 5.11 Å². The first-order valence-electron chi connectivity index (χ1n) is 4.89. The number of hydrogen-bond acceptors (Lipinski definition) is 3. The number of Topliss-reactive ketones (excluding diaryl/α,β-unsaturated/α-hetero) is 1. The van der Waals surface area contributed by atoms with Crippen LogP contribution in [0.25, 0.3) is 0 Å². The molecule has 2 atom stereocenters. The van der Waals surface area contributed by atoms with Crippen molar-refractivity contribution in [2.75, 3.05) is 5.75 Å². The Labute approximate surface area is 92.2 Å². The molecule has 1 N–H and O–H groups in total. The van der Waals surface area contributed by atoms with Gasteiger partial charge in [-0.25, -0.2) is 0 Å². The van der Waals surface area contributed by atoms with Crippen molar-refractivity contribution in [3.05, 3.63) is 23.3 Å². The zero-order valence-electron chi connectivity index (χ0n) is 8.40. The molecular formula is C11H12O3S. The van der Waals surface area contributed by atoms with Crippen LogP contribution < -0.4 is 0 Å². The summed E-state index contributed by atoms with van der Waals surface area (Å²) in [6.07, 6.45) is 4.60. The second kappa shape index (κ2) is 3.85. The van der Waals surface area contributed by atoms with Crippen molar-refractivity contribution in [3.8, 4) is 0 Å². The van der Waals surface area contributed by atoms with Gasteiger partial charge in [0, 0.05) is 5.57 Å². The average Bonchev–Trinajstić information content (AvgIpc) is 2.17. The minimum atomic E-state index is -0.848. The van der Waals surface area contributed by atoms with Gasteiger partial charge in [-0.15, -0.1) is 11.8 Å². The Kier molecular flexibility index (Phi) is 2.69. The molecule has 0 radical (unpaired) electrons. The maximum atomic E-state index is 11.7. The van der Waals surface area contributed by atoms with E-state index in [0.717, 1.165) is 12.0 Å². The van der Waals surface area contributed by atoms with Crippen LogP contribution in [-0.2, 0) is 9.59 Å². The van der Waals surface area contributed by atoms with Crippen LogP contribution in [-0.4, -0.2) is 27.9 Å². The fraction of sp³-hybridized carbons (Fsp3) is 0.455. The van der Waals surface area contributed by atoms with E-state index in [0.29, 0.717) is 11.3 Å². The van der Waals surface area contributed by atoms with Crippen LogP contribution in [0.4, 0.5) is 0 Å². The molecule has 0 aromatic rings. The first-order valence-corrected chi connectivity index (χ1v) is 5.94. The van der Waals surface area contributed by atoms with Crippen LogP contribution in [0.15, 0.2) is 23.3 Å². The van der Waals surface area contributed by atoms with E-state index in [1.807, 2.05) is 13.0 Å². The van der Waals surface area contributed by atoms with E-state index in [-0.39, 0.29) is 11.7 Å². The van der Waals surface area contributed by atoms with E-state index in [1.165, 1.54) is 11.8 Å². The Balaban J connectivity index is 2.47. The van der Waals surface area contributed by atoms with Gasteiger partial charge in [-0.1, -0.05) is 19.1 Å². The van der Waals surface area contributed by atoms with Gasteiger partial charge in [-0.05, 0) is 17.9 Å². The normalized spacial score (nSPS) is 30.3. The zero-order chi connectivity index (χ0) is 11.0. The lowest BCUT2D eigenvalue weighted by Crippen LogP contribution is -2.31. The monoisotopic (exact) mass is 224 g/mol. The van der Waals surface area contributed by atoms with Gasteiger partial charge in [0.2, 0.25) is 0 Å². The molecule has 0 aromatic carbocycles. The highest BCUT2D eigenvalue weighted by Gasteiger charge is 2.35. The molecule has 1 heterocycles. The molecule has 15 heavy (non-hydrogen) atoms. The number of aliphatic carboxylic acids is 1. The smallest absolute Gasteiger partial charge is 0.321 e. The second-order valence-electron chi connectivity index (χ2n) is 3.86. The second-order valence-corrected chi connectivity index (χ2v) is 4.95. The summed E-state index contributed by atoms with van der Waals surface area (Å²) in [7, 11) is 0. The van der Waals surface area contributed by atoms with Crippen LogP contribution >= 0.6 is 11.8 Å². The van der Waals surface area contributed by atoms with Crippen molar-refractivity contribution in [1.82, 2.24) is 0 Å². The molecule has 0 fully saturated rings. The predicted octanol–water partition coefficient (Wildman–Crippen LogP) is 1.65. The van der Waals surface area contributed by atoms with Crippen molar-refractivity contribution in [1.29, 1.82) is 0 Å². The molecule has 0 aromatic heterocycles. The summed E-state index contributed by atoms with van der Waals surface area (Å²) in [4.78, 5) is 22.7. The SMILES string of the molecule is CC1CC=CC2=C1C(=O)CSC2C(=O)O. The summed E-state index contributed by atoms with van der Waals surface area (Å²) in [5, 5.41) is 8.49. The van der Waals surface area contributed by atoms with Crippen LogP contribution in [0.3, 0.4) is 0 Å². The molecule has 1 aliphatic heterocycles. The highest BCUT2D eigenvalue weighted by atomic mass is 32.2. The molecule has 0 saturated carbocycles. The Morgan fingerprint density at radius 2 is 2.33 bits per heavy atom. The van der Waals surface area contributed by atoms with Gasteiger partial charge in [0.05, 0.1) is 5.75 Å². The first kappa shape index (κ1) is 10.5. The van der Waals surface area contributed by atoms with Crippen LogP contribution in [0.5, 0.6) is 0 Å². The number of carboxylic acids is 1. The van der Waals surface area contributed by atoms with Gasteiger partial charge in [0.15, 0.2) is 5.78 Å². The lowest BCUT2D eigenvalue weighted by Gasteiger charge is -2.28. The molecule has 4 heteroatoms. The number of hydrogen-bond donors (Lipinski definition) is 1. The number of ketones is 1. The Hall–Kier alpha value is -1.03. The van der Waals surface area contributed by atoms with Gasteiger partial charge >= 0.3 is 5.97 Å². The molecular weight excluding hydrogens is 212 g/mol. The molecule has 2 rings (SSSR count). The minimum absolute atomic E-state index is 0.101. The fourth-order valence-corrected chi connectivity index (χ4v) is 3.09. The Bertz CT molecular complexity index is 381. The standard InChI is InChI=1S/C11H12O3S/c1-6-3-2-4-7-9(6)8(12)5-15-10(7)11(13)14/h2,4,6,10H,3,5H2,1H3,(H,13,14). The highest BCUT2D eigenvalue weighted by molar-refractivity contribution is 8.01. The third-order valence-corrected chi connectivity index (χ3v) is 4.00. The summed E-state index contributed by atoms with van der Waals surface area (Å²) in [6, 6.07) is 0. The summed E-state index contributed by atoms with van der Waals surface area (Å²) < 4.78 is 0. The number of carbonyl (C=O) groups is 2. The largest absolute Gasteiger partial charge is 0.480 e. The zero-order valence-corrected chi connectivity index (χ0v) is 9.21. The van der Waals surface area contributed by atoms with Gasteiger partial charge in [0.1, 0.15) is 5.25 Å². The Morgan fingerprint density at radius 1 is 1.60 bits per heavy atom. The molecule has 0 amide bonds. The van der Waals surface area contributed by atoms with Crippen molar-refractivity contribution >= 4 is 23.5 Å². The van der Waals surface area contributed by atoms with Crippen molar-refractivity contribution in [3.63, 3.8) is 0 Å². The first-order chi connectivity index (χ1) is 7.11. The molecule has 0 spiro atoms. The Morgan fingerprint density at radius 3 is 3.00 bits per heavy atom. The molecule has 1 aliphatic carbocycles. The number of allylic oxidation sites excluding steroid dienone is 3. The quantitative estimate of drug-likeness (QED) is 0.735. The molecule has 2 unspecified atom stereocenters.